The Morgan fingerprint density at radius 2 is 1.88 bits per heavy atom. The van der Waals surface area contributed by atoms with E-state index in [0.717, 1.165) is 83.5 Å². The minimum atomic E-state index is 0.280. The van der Waals surface area contributed by atoms with Crippen LogP contribution in [0, 0.1) is 13.8 Å². The molecule has 0 radical (unpaired) electrons. The Labute approximate surface area is 193 Å². The maximum atomic E-state index is 6.08. The van der Waals surface area contributed by atoms with E-state index in [0.29, 0.717) is 5.89 Å². The van der Waals surface area contributed by atoms with E-state index in [9.17, 15) is 0 Å². The van der Waals surface area contributed by atoms with Crippen molar-refractivity contribution >= 4 is 11.1 Å². The Bertz CT molecular complexity index is 1240. The SMILES string of the molecule is COc1ccc(-c2nc(CN3CCC[C@@H](c4nc5ccccc5o4)C3)c(C)o2)c(OC)c1C. The van der Waals surface area contributed by atoms with E-state index in [2.05, 4.69) is 4.90 Å². The Kier molecular flexibility index (Phi) is 5.81. The molecule has 1 aliphatic rings. The zero-order valence-corrected chi connectivity index (χ0v) is 19.6. The van der Waals surface area contributed by atoms with Gasteiger partial charge in [-0.1, -0.05) is 12.1 Å². The second kappa shape index (κ2) is 8.90. The molecule has 0 saturated carbocycles. The number of nitrogens with zero attached hydrogens (tertiary/aromatic N) is 3. The highest BCUT2D eigenvalue weighted by atomic mass is 16.5. The summed E-state index contributed by atoms with van der Waals surface area (Å²) in [5.41, 5.74) is 4.47. The lowest BCUT2D eigenvalue weighted by Gasteiger charge is -2.30. The summed E-state index contributed by atoms with van der Waals surface area (Å²) in [5.74, 6) is 4.00. The van der Waals surface area contributed by atoms with Crippen LogP contribution in [0.15, 0.2) is 45.2 Å². The molecule has 1 aliphatic heterocycles. The van der Waals surface area contributed by atoms with Gasteiger partial charge in [0.05, 0.1) is 25.5 Å². The van der Waals surface area contributed by atoms with Crippen LogP contribution in [0.1, 0.15) is 41.7 Å². The molecule has 0 N–H and O–H groups in total. The smallest absolute Gasteiger partial charge is 0.230 e. The third-order valence-electron chi connectivity index (χ3n) is 6.44. The zero-order valence-electron chi connectivity index (χ0n) is 19.6. The van der Waals surface area contributed by atoms with Gasteiger partial charge >= 0.3 is 0 Å². The van der Waals surface area contributed by atoms with Gasteiger partial charge < -0.3 is 18.3 Å². The third-order valence-corrected chi connectivity index (χ3v) is 6.44. The zero-order chi connectivity index (χ0) is 22.9. The Balaban J connectivity index is 1.35. The lowest BCUT2D eigenvalue weighted by atomic mass is 9.98. The summed E-state index contributed by atoms with van der Waals surface area (Å²) in [6.45, 7) is 6.57. The Morgan fingerprint density at radius 1 is 1.03 bits per heavy atom. The number of aromatic nitrogens is 2. The predicted molar refractivity (Wildman–Crippen MR) is 126 cm³/mol. The number of hydrogen-bond acceptors (Lipinski definition) is 7. The van der Waals surface area contributed by atoms with Gasteiger partial charge in [0, 0.05) is 24.6 Å². The van der Waals surface area contributed by atoms with Gasteiger partial charge in [0.1, 0.15) is 22.8 Å². The summed E-state index contributed by atoms with van der Waals surface area (Å²) >= 11 is 0. The van der Waals surface area contributed by atoms with Gasteiger partial charge in [-0.15, -0.1) is 0 Å². The molecule has 4 aromatic rings. The quantitative estimate of drug-likeness (QED) is 0.386. The number of hydrogen-bond donors (Lipinski definition) is 0. The normalized spacial score (nSPS) is 16.9. The molecule has 0 amide bonds. The monoisotopic (exact) mass is 447 g/mol. The number of rotatable bonds is 6. The van der Waals surface area contributed by atoms with Crippen molar-refractivity contribution in [2.75, 3.05) is 27.3 Å². The van der Waals surface area contributed by atoms with Crippen molar-refractivity contribution in [3.63, 3.8) is 0 Å². The maximum Gasteiger partial charge on any atom is 0.230 e. The molecule has 3 heterocycles. The second-order valence-corrected chi connectivity index (χ2v) is 8.59. The van der Waals surface area contributed by atoms with Crippen LogP contribution in [0.25, 0.3) is 22.6 Å². The van der Waals surface area contributed by atoms with Gasteiger partial charge in [-0.3, -0.25) is 4.90 Å². The Hall–Kier alpha value is -3.32. The summed E-state index contributed by atoms with van der Waals surface area (Å²) in [6.07, 6.45) is 2.17. The molecule has 7 nitrogen and oxygen atoms in total. The van der Waals surface area contributed by atoms with E-state index in [1.165, 1.54) is 0 Å². The molecule has 0 spiro atoms. The maximum absolute atomic E-state index is 6.08. The van der Waals surface area contributed by atoms with Gasteiger partial charge in [-0.2, -0.15) is 0 Å². The van der Waals surface area contributed by atoms with Gasteiger partial charge in [-0.25, -0.2) is 9.97 Å². The van der Waals surface area contributed by atoms with E-state index in [1.807, 2.05) is 50.2 Å². The number of para-hydroxylation sites is 2. The van der Waals surface area contributed by atoms with Gasteiger partial charge in [0.15, 0.2) is 11.5 Å². The highest BCUT2D eigenvalue weighted by molar-refractivity contribution is 5.72. The second-order valence-electron chi connectivity index (χ2n) is 8.59. The molecule has 1 fully saturated rings. The lowest BCUT2D eigenvalue weighted by molar-refractivity contribution is 0.185. The van der Waals surface area contributed by atoms with Crippen molar-refractivity contribution in [1.29, 1.82) is 0 Å². The van der Waals surface area contributed by atoms with Crippen molar-refractivity contribution in [2.45, 2.75) is 39.2 Å². The van der Waals surface area contributed by atoms with Crippen LogP contribution in [0.4, 0.5) is 0 Å². The van der Waals surface area contributed by atoms with Crippen LogP contribution in [0.3, 0.4) is 0 Å². The fraction of sp³-hybridized carbons (Fsp3) is 0.385. The first-order valence-electron chi connectivity index (χ1n) is 11.3. The molecule has 5 rings (SSSR count). The molecule has 0 aliphatic carbocycles. The number of benzene rings is 2. The number of oxazole rings is 2. The number of methoxy groups -OCH3 is 2. The van der Waals surface area contributed by atoms with Gasteiger partial charge in [0.2, 0.25) is 5.89 Å². The molecule has 33 heavy (non-hydrogen) atoms. The number of piperidine rings is 1. The van der Waals surface area contributed by atoms with Crippen molar-refractivity contribution in [3.8, 4) is 23.0 Å². The van der Waals surface area contributed by atoms with Gasteiger partial charge in [-0.05, 0) is 57.5 Å². The fourth-order valence-corrected chi connectivity index (χ4v) is 4.69. The van der Waals surface area contributed by atoms with E-state index in [4.69, 9.17) is 28.3 Å². The van der Waals surface area contributed by atoms with E-state index in [-0.39, 0.29) is 5.92 Å². The Morgan fingerprint density at radius 3 is 2.67 bits per heavy atom. The van der Waals surface area contributed by atoms with Crippen molar-refractivity contribution in [2.24, 2.45) is 0 Å². The molecular weight excluding hydrogens is 418 g/mol. The van der Waals surface area contributed by atoms with Crippen molar-refractivity contribution < 1.29 is 18.3 Å². The number of fused-ring (bicyclic) bond motifs is 1. The fourth-order valence-electron chi connectivity index (χ4n) is 4.69. The lowest BCUT2D eigenvalue weighted by Crippen LogP contribution is -2.34. The number of ether oxygens (including phenoxy) is 2. The first-order chi connectivity index (χ1) is 16.1. The van der Waals surface area contributed by atoms with Crippen LogP contribution in [-0.4, -0.2) is 42.2 Å². The van der Waals surface area contributed by atoms with Gasteiger partial charge in [0.25, 0.3) is 0 Å². The van der Waals surface area contributed by atoms with E-state index >= 15 is 0 Å². The van der Waals surface area contributed by atoms with Crippen LogP contribution in [0.5, 0.6) is 11.5 Å². The van der Waals surface area contributed by atoms with Crippen molar-refractivity contribution in [3.05, 3.63) is 59.3 Å². The average Bonchev–Trinajstić information content (AvgIpc) is 3.42. The predicted octanol–water partition coefficient (Wildman–Crippen LogP) is 5.50. The number of likely N-dealkylation sites (tertiary alicyclic amines) is 1. The molecule has 2 aromatic heterocycles. The first-order valence-corrected chi connectivity index (χ1v) is 11.3. The molecule has 7 heteroatoms. The average molecular weight is 448 g/mol. The summed E-state index contributed by atoms with van der Waals surface area (Å²) in [5, 5.41) is 0. The van der Waals surface area contributed by atoms with E-state index < -0.39 is 0 Å². The molecule has 0 bridgehead atoms. The molecule has 172 valence electrons. The first kappa shape index (κ1) is 21.5. The molecule has 1 saturated heterocycles. The van der Waals surface area contributed by atoms with Crippen LogP contribution >= 0.6 is 0 Å². The minimum Gasteiger partial charge on any atom is -0.496 e. The highest BCUT2D eigenvalue weighted by Crippen LogP contribution is 2.38. The molecular formula is C26H29N3O4. The summed E-state index contributed by atoms with van der Waals surface area (Å²) in [7, 11) is 3.31. The van der Waals surface area contributed by atoms with Crippen LogP contribution in [-0.2, 0) is 6.54 Å². The third kappa shape index (κ3) is 4.09. The van der Waals surface area contributed by atoms with Crippen LogP contribution < -0.4 is 9.47 Å². The van der Waals surface area contributed by atoms with E-state index in [1.54, 1.807) is 14.2 Å². The molecule has 1 atom stereocenters. The van der Waals surface area contributed by atoms with Crippen molar-refractivity contribution in [1.82, 2.24) is 14.9 Å². The van der Waals surface area contributed by atoms with Crippen LogP contribution in [0.2, 0.25) is 0 Å². The summed E-state index contributed by atoms with van der Waals surface area (Å²) in [6, 6.07) is 11.8. The summed E-state index contributed by atoms with van der Waals surface area (Å²) in [4.78, 5) is 12.0. The largest absolute Gasteiger partial charge is 0.496 e. The highest BCUT2D eigenvalue weighted by Gasteiger charge is 2.27. The number of aryl methyl sites for hydroxylation is 1. The summed E-state index contributed by atoms with van der Waals surface area (Å²) < 4.78 is 23.2. The minimum absolute atomic E-state index is 0.280. The molecule has 2 aromatic carbocycles. The molecule has 0 unspecified atom stereocenters. The topological polar surface area (TPSA) is 73.8 Å². The standard InChI is InChI=1S/C26H29N3O4/c1-16-22(30-3)12-11-19(24(16)31-4)26-28-21(17(2)32-26)15-29-13-7-8-18(14-29)25-27-20-9-5-6-10-23(20)33-25/h5-6,9-12,18H,7-8,13-15H2,1-4H3/t18-/m1/s1.